The van der Waals surface area contributed by atoms with Crippen LogP contribution in [0.2, 0.25) is 5.02 Å². The topological polar surface area (TPSA) is 110 Å². The van der Waals surface area contributed by atoms with Crippen LogP contribution in [0.25, 0.3) is 0 Å². The summed E-state index contributed by atoms with van der Waals surface area (Å²) in [6.45, 7) is 0.890. The summed E-state index contributed by atoms with van der Waals surface area (Å²) in [5, 5.41) is 30.7. The molecule has 0 bridgehead atoms. The predicted molar refractivity (Wildman–Crippen MR) is 94.2 cm³/mol. The summed E-state index contributed by atoms with van der Waals surface area (Å²) in [5.41, 5.74) is 0.198. The van der Waals surface area contributed by atoms with Crippen LogP contribution in [0.3, 0.4) is 0 Å². The van der Waals surface area contributed by atoms with E-state index >= 15 is 0 Å². The summed E-state index contributed by atoms with van der Waals surface area (Å²) < 4.78 is 6.97. The molecule has 1 aromatic carbocycles. The van der Waals surface area contributed by atoms with Crippen molar-refractivity contribution in [1.82, 2.24) is 20.1 Å². The number of hydrogen-bond acceptors (Lipinski definition) is 6. The first kappa shape index (κ1) is 18.6. The second kappa shape index (κ2) is 8.03. The van der Waals surface area contributed by atoms with E-state index in [2.05, 4.69) is 15.5 Å². The van der Waals surface area contributed by atoms with Crippen molar-refractivity contribution in [1.29, 1.82) is 0 Å². The number of halogens is 1. The molecule has 8 nitrogen and oxygen atoms in total. The van der Waals surface area contributed by atoms with Gasteiger partial charge in [-0.3, -0.25) is 4.79 Å². The third-order valence-corrected chi connectivity index (χ3v) is 4.79. The average Bonchev–Trinajstić information content (AvgIpc) is 2.97. The minimum Gasteiger partial charge on any atom is -0.507 e. The molecule has 0 aliphatic heterocycles. The van der Waals surface area contributed by atoms with Gasteiger partial charge < -0.3 is 24.8 Å². The minimum absolute atomic E-state index is 0.00673. The van der Waals surface area contributed by atoms with Gasteiger partial charge in [-0.15, -0.1) is 10.2 Å². The van der Waals surface area contributed by atoms with E-state index in [0.717, 1.165) is 18.7 Å². The number of carbonyl (C=O) groups is 1. The van der Waals surface area contributed by atoms with Gasteiger partial charge in [-0.2, -0.15) is 0 Å². The van der Waals surface area contributed by atoms with Gasteiger partial charge >= 0.3 is 0 Å². The molecule has 1 aromatic heterocycles. The molecule has 1 heterocycles. The zero-order chi connectivity index (χ0) is 18.7. The predicted octanol–water partition coefficient (Wildman–Crippen LogP) is 1.45. The molecule has 0 radical (unpaired) electrons. The lowest BCUT2D eigenvalue weighted by Gasteiger charge is -2.35. The smallest absolute Gasteiger partial charge is 0.255 e. The number of aliphatic hydroxyl groups is 1. The van der Waals surface area contributed by atoms with Crippen LogP contribution in [0.5, 0.6) is 5.75 Å². The molecule has 0 saturated heterocycles. The summed E-state index contributed by atoms with van der Waals surface area (Å²) in [4.78, 5) is 12.3. The number of ether oxygens (including phenoxy) is 1. The molecule has 0 unspecified atom stereocenters. The SMILES string of the molecule is COCCn1c(CO)nnc1C1CC(NC(=O)c2ccc(Cl)cc2O)C1. The van der Waals surface area contributed by atoms with Crippen LogP contribution in [0.4, 0.5) is 0 Å². The molecular formula is C17H21ClN4O4. The lowest BCUT2D eigenvalue weighted by Crippen LogP contribution is -2.44. The number of amides is 1. The van der Waals surface area contributed by atoms with Crippen molar-refractivity contribution in [3.05, 3.63) is 40.4 Å². The van der Waals surface area contributed by atoms with Gasteiger partial charge in [-0.05, 0) is 31.0 Å². The summed E-state index contributed by atoms with van der Waals surface area (Å²) in [6, 6.07) is 4.40. The molecule has 2 aromatic rings. The molecule has 1 aliphatic rings. The van der Waals surface area contributed by atoms with Gasteiger partial charge in [0.15, 0.2) is 5.82 Å². The average molecular weight is 381 g/mol. The molecule has 3 N–H and O–H groups in total. The number of rotatable bonds is 7. The fourth-order valence-electron chi connectivity index (χ4n) is 3.10. The van der Waals surface area contributed by atoms with Crippen molar-refractivity contribution >= 4 is 17.5 Å². The largest absolute Gasteiger partial charge is 0.507 e. The van der Waals surface area contributed by atoms with Crippen LogP contribution in [-0.2, 0) is 17.9 Å². The Hall–Kier alpha value is -2.16. The van der Waals surface area contributed by atoms with Crippen molar-refractivity contribution in [3.8, 4) is 5.75 Å². The molecule has 3 rings (SSSR count). The number of phenols is 1. The third kappa shape index (κ3) is 3.82. The molecule has 1 saturated carbocycles. The number of aromatic nitrogens is 3. The van der Waals surface area contributed by atoms with Crippen LogP contribution in [0.1, 0.15) is 40.8 Å². The summed E-state index contributed by atoms with van der Waals surface area (Å²) >= 11 is 5.78. The Labute approximate surface area is 155 Å². The van der Waals surface area contributed by atoms with E-state index in [0.29, 0.717) is 24.0 Å². The summed E-state index contributed by atoms with van der Waals surface area (Å²) in [5.74, 6) is 0.989. The molecule has 9 heteroatoms. The number of benzene rings is 1. The van der Waals surface area contributed by atoms with E-state index in [1.165, 1.54) is 12.1 Å². The number of aliphatic hydroxyl groups excluding tert-OH is 1. The first-order chi connectivity index (χ1) is 12.5. The highest BCUT2D eigenvalue weighted by Gasteiger charge is 2.35. The minimum atomic E-state index is -0.334. The van der Waals surface area contributed by atoms with E-state index in [-0.39, 0.29) is 35.8 Å². The maximum atomic E-state index is 12.3. The number of carbonyl (C=O) groups excluding carboxylic acids is 1. The standard InChI is InChI=1S/C17H21ClN4O4/c1-26-5-4-22-15(9-23)20-21-16(22)10-6-12(7-10)19-17(25)13-3-2-11(18)8-14(13)24/h2-3,8,10,12,23-24H,4-7,9H2,1H3,(H,19,25). The maximum Gasteiger partial charge on any atom is 0.255 e. The van der Waals surface area contributed by atoms with Gasteiger partial charge in [0.2, 0.25) is 0 Å². The Morgan fingerprint density at radius 2 is 2.19 bits per heavy atom. The molecule has 140 valence electrons. The zero-order valence-electron chi connectivity index (χ0n) is 14.4. The monoisotopic (exact) mass is 380 g/mol. The van der Waals surface area contributed by atoms with Crippen molar-refractivity contribution in [2.75, 3.05) is 13.7 Å². The first-order valence-corrected chi connectivity index (χ1v) is 8.72. The van der Waals surface area contributed by atoms with Crippen molar-refractivity contribution in [2.45, 2.75) is 38.0 Å². The molecule has 0 spiro atoms. The lowest BCUT2D eigenvalue weighted by molar-refractivity contribution is 0.0903. The van der Waals surface area contributed by atoms with Crippen molar-refractivity contribution in [2.24, 2.45) is 0 Å². The third-order valence-electron chi connectivity index (χ3n) is 4.56. The number of methoxy groups -OCH3 is 1. The fraction of sp³-hybridized carbons (Fsp3) is 0.471. The highest BCUT2D eigenvalue weighted by molar-refractivity contribution is 6.30. The Bertz CT molecular complexity index is 789. The number of phenolic OH excluding ortho intramolecular Hbond substituents is 1. The van der Waals surface area contributed by atoms with E-state index in [1.807, 2.05) is 4.57 Å². The van der Waals surface area contributed by atoms with Crippen LogP contribution >= 0.6 is 11.6 Å². The van der Waals surface area contributed by atoms with Gasteiger partial charge in [-0.1, -0.05) is 11.6 Å². The van der Waals surface area contributed by atoms with E-state index in [1.54, 1.807) is 13.2 Å². The Morgan fingerprint density at radius 3 is 2.85 bits per heavy atom. The van der Waals surface area contributed by atoms with Gasteiger partial charge in [0, 0.05) is 30.6 Å². The molecule has 26 heavy (non-hydrogen) atoms. The highest BCUT2D eigenvalue weighted by atomic mass is 35.5. The molecule has 1 amide bonds. The van der Waals surface area contributed by atoms with Gasteiger partial charge in [0.05, 0.1) is 12.2 Å². The lowest BCUT2D eigenvalue weighted by atomic mass is 9.79. The van der Waals surface area contributed by atoms with Crippen LogP contribution in [0.15, 0.2) is 18.2 Å². The molecule has 1 aliphatic carbocycles. The quantitative estimate of drug-likeness (QED) is 0.670. The van der Waals surface area contributed by atoms with Gasteiger partial charge in [-0.25, -0.2) is 0 Å². The van der Waals surface area contributed by atoms with Gasteiger partial charge in [0.25, 0.3) is 5.91 Å². The summed E-state index contributed by atoms with van der Waals surface area (Å²) in [6.07, 6.45) is 1.44. The number of nitrogens with one attached hydrogen (secondary N) is 1. The van der Waals surface area contributed by atoms with Crippen LogP contribution in [-0.4, -0.2) is 50.6 Å². The zero-order valence-corrected chi connectivity index (χ0v) is 15.1. The van der Waals surface area contributed by atoms with Crippen LogP contribution in [0, 0.1) is 0 Å². The molecular weight excluding hydrogens is 360 g/mol. The molecule has 1 fully saturated rings. The van der Waals surface area contributed by atoms with Crippen molar-refractivity contribution < 1.29 is 19.7 Å². The summed E-state index contributed by atoms with van der Waals surface area (Å²) in [7, 11) is 1.61. The van der Waals surface area contributed by atoms with Crippen molar-refractivity contribution in [3.63, 3.8) is 0 Å². The Morgan fingerprint density at radius 1 is 1.42 bits per heavy atom. The maximum absolute atomic E-state index is 12.3. The second-order valence-corrected chi connectivity index (χ2v) is 6.71. The number of hydrogen-bond donors (Lipinski definition) is 3. The second-order valence-electron chi connectivity index (χ2n) is 6.28. The number of nitrogens with zero attached hydrogens (tertiary/aromatic N) is 3. The van der Waals surface area contributed by atoms with E-state index < -0.39 is 0 Å². The van der Waals surface area contributed by atoms with Gasteiger partial charge in [0.1, 0.15) is 18.2 Å². The molecule has 0 atom stereocenters. The number of aromatic hydroxyl groups is 1. The highest BCUT2D eigenvalue weighted by Crippen LogP contribution is 2.36. The Kier molecular flexibility index (Phi) is 5.75. The van der Waals surface area contributed by atoms with Crippen LogP contribution < -0.4 is 5.32 Å². The fourth-order valence-corrected chi connectivity index (χ4v) is 3.27. The van der Waals surface area contributed by atoms with E-state index in [4.69, 9.17) is 16.3 Å². The Balaban J connectivity index is 1.60. The normalized spacial score (nSPS) is 19.2. The first-order valence-electron chi connectivity index (χ1n) is 8.34. The van der Waals surface area contributed by atoms with E-state index in [9.17, 15) is 15.0 Å².